The zero-order chi connectivity index (χ0) is 16.1. The van der Waals surface area contributed by atoms with Crippen molar-refractivity contribution in [3.63, 3.8) is 0 Å². The Kier molecular flexibility index (Phi) is 4.42. The quantitative estimate of drug-likeness (QED) is 0.427. The van der Waals surface area contributed by atoms with E-state index in [0.717, 1.165) is 28.4 Å². The number of nitrogens with one attached hydrogen (secondary N) is 2. The van der Waals surface area contributed by atoms with Gasteiger partial charge in [-0.2, -0.15) is 0 Å². The van der Waals surface area contributed by atoms with E-state index in [9.17, 15) is 0 Å². The lowest BCUT2D eigenvalue weighted by Crippen LogP contribution is -2.11. The number of rotatable bonds is 5. The number of hydrogen-bond acceptors (Lipinski definition) is 5. The lowest BCUT2D eigenvalue weighted by Gasteiger charge is -2.25. The summed E-state index contributed by atoms with van der Waals surface area (Å²) in [5.74, 6) is 10.9. The second-order valence-electron chi connectivity index (χ2n) is 5.05. The molecule has 0 atom stereocenters. The summed E-state index contributed by atoms with van der Waals surface area (Å²) in [5, 5.41) is 0. The molecule has 0 aliphatic heterocycles. The van der Waals surface area contributed by atoms with Crippen LogP contribution < -0.4 is 27.4 Å². The van der Waals surface area contributed by atoms with Crippen molar-refractivity contribution in [1.29, 1.82) is 0 Å². The van der Waals surface area contributed by atoms with Crippen LogP contribution >= 0.6 is 0 Å². The fourth-order valence-corrected chi connectivity index (χ4v) is 2.44. The number of nitrogen functional groups attached to an aromatic ring is 2. The highest BCUT2D eigenvalue weighted by molar-refractivity contribution is 5.77. The van der Waals surface area contributed by atoms with Gasteiger partial charge in [0, 0.05) is 28.4 Å². The van der Waals surface area contributed by atoms with E-state index in [4.69, 9.17) is 11.7 Å². The topological polar surface area (TPSA) is 79.3 Å². The molecule has 0 radical (unpaired) electrons. The monoisotopic (exact) mass is 305 g/mol. The smallest absolute Gasteiger partial charge is 0.0486 e. The van der Waals surface area contributed by atoms with Crippen molar-refractivity contribution in [2.45, 2.75) is 0 Å². The molecule has 3 aromatic rings. The molecular formula is C18H19N5. The van der Waals surface area contributed by atoms with Crippen LogP contribution in [0.5, 0.6) is 0 Å². The first-order chi connectivity index (χ1) is 11.3. The van der Waals surface area contributed by atoms with Gasteiger partial charge in [-0.1, -0.05) is 18.2 Å². The Morgan fingerprint density at radius 2 is 0.913 bits per heavy atom. The van der Waals surface area contributed by atoms with Gasteiger partial charge >= 0.3 is 0 Å². The van der Waals surface area contributed by atoms with Gasteiger partial charge in [0.15, 0.2) is 0 Å². The summed E-state index contributed by atoms with van der Waals surface area (Å²) in [6.07, 6.45) is 0. The molecule has 0 aliphatic carbocycles. The third-order valence-corrected chi connectivity index (χ3v) is 3.60. The minimum Gasteiger partial charge on any atom is -0.324 e. The zero-order valence-electron chi connectivity index (χ0n) is 12.6. The highest BCUT2D eigenvalue weighted by Gasteiger charge is 2.11. The molecule has 0 saturated heterocycles. The minimum absolute atomic E-state index is 0.865. The Hall–Kier alpha value is -3.02. The van der Waals surface area contributed by atoms with E-state index >= 15 is 0 Å². The summed E-state index contributed by atoms with van der Waals surface area (Å²) in [5.41, 5.74) is 10.2. The average Bonchev–Trinajstić information content (AvgIpc) is 2.64. The van der Waals surface area contributed by atoms with Crippen LogP contribution in [0.2, 0.25) is 0 Å². The van der Waals surface area contributed by atoms with E-state index in [2.05, 4.69) is 27.9 Å². The molecule has 0 bridgehead atoms. The molecule has 6 N–H and O–H groups in total. The highest BCUT2D eigenvalue weighted by Crippen LogP contribution is 2.35. The van der Waals surface area contributed by atoms with E-state index in [1.165, 1.54) is 0 Å². The van der Waals surface area contributed by atoms with Gasteiger partial charge in [-0.15, -0.1) is 0 Å². The Labute approximate surface area is 135 Å². The predicted molar refractivity (Wildman–Crippen MR) is 96.7 cm³/mol. The van der Waals surface area contributed by atoms with Gasteiger partial charge < -0.3 is 15.8 Å². The zero-order valence-corrected chi connectivity index (χ0v) is 12.6. The molecule has 3 rings (SSSR count). The lowest BCUT2D eigenvalue weighted by atomic mass is 10.2. The molecule has 5 heteroatoms. The van der Waals surface area contributed by atoms with Gasteiger partial charge in [-0.05, 0) is 60.7 Å². The number of hydrazine groups is 2. The third kappa shape index (κ3) is 3.26. The van der Waals surface area contributed by atoms with Crippen LogP contribution in [0.4, 0.5) is 28.4 Å². The molecule has 0 spiro atoms. The predicted octanol–water partition coefficient (Wildman–Crippen LogP) is 3.73. The second-order valence-corrected chi connectivity index (χ2v) is 5.05. The Morgan fingerprint density at radius 1 is 0.522 bits per heavy atom. The molecule has 5 nitrogen and oxygen atoms in total. The average molecular weight is 305 g/mol. The maximum atomic E-state index is 5.45. The number of hydrogen-bond donors (Lipinski definition) is 4. The van der Waals surface area contributed by atoms with E-state index in [-0.39, 0.29) is 0 Å². The van der Waals surface area contributed by atoms with Crippen LogP contribution in [0.15, 0.2) is 78.9 Å². The lowest BCUT2D eigenvalue weighted by molar-refractivity contribution is 1.27. The fourth-order valence-electron chi connectivity index (χ4n) is 2.44. The van der Waals surface area contributed by atoms with Crippen molar-refractivity contribution in [3.05, 3.63) is 78.9 Å². The standard InChI is InChI=1S/C18H19N5/c19-21-14-6-10-17(11-7-14)23(16-4-2-1-3-5-16)18-12-8-15(22-20)9-13-18/h1-13,21-22H,19-20H2. The Balaban J connectivity index is 2.05. The largest absolute Gasteiger partial charge is 0.324 e. The van der Waals surface area contributed by atoms with E-state index in [1.807, 2.05) is 66.7 Å². The van der Waals surface area contributed by atoms with Gasteiger partial charge in [-0.25, -0.2) is 0 Å². The van der Waals surface area contributed by atoms with Crippen molar-refractivity contribution < 1.29 is 0 Å². The number of anilines is 5. The van der Waals surface area contributed by atoms with E-state index in [0.29, 0.717) is 0 Å². The van der Waals surface area contributed by atoms with Crippen molar-refractivity contribution >= 4 is 28.4 Å². The van der Waals surface area contributed by atoms with Gasteiger partial charge in [0.05, 0.1) is 0 Å². The molecule has 0 saturated carbocycles. The molecule has 0 fully saturated rings. The van der Waals surface area contributed by atoms with Gasteiger partial charge in [-0.3, -0.25) is 11.7 Å². The first kappa shape index (κ1) is 14.9. The van der Waals surface area contributed by atoms with Crippen LogP contribution in [-0.4, -0.2) is 0 Å². The van der Waals surface area contributed by atoms with E-state index < -0.39 is 0 Å². The normalized spacial score (nSPS) is 10.2. The van der Waals surface area contributed by atoms with Crippen molar-refractivity contribution in [2.75, 3.05) is 15.8 Å². The molecule has 0 unspecified atom stereocenters. The fraction of sp³-hybridized carbons (Fsp3) is 0. The maximum Gasteiger partial charge on any atom is 0.0486 e. The third-order valence-electron chi connectivity index (χ3n) is 3.60. The second kappa shape index (κ2) is 6.83. The summed E-state index contributed by atoms with van der Waals surface area (Å²) in [6, 6.07) is 26.1. The number of benzene rings is 3. The van der Waals surface area contributed by atoms with Crippen LogP contribution in [0, 0.1) is 0 Å². The van der Waals surface area contributed by atoms with Crippen molar-refractivity contribution in [3.8, 4) is 0 Å². The summed E-state index contributed by atoms with van der Waals surface area (Å²) in [4.78, 5) is 2.17. The molecule has 0 heterocycles. The van der Waals surface area contributed by atoms with Crippen LogP contribution in [-0.2, 0) is 0 Å². The maximum absolute atomic E-state index is 5.45. The van der Waals surface area contributed by atoms with E-state index in [1.54, 1.807) is 0 Å². The number of nitrogens with two attached hydrogens (primary N) is 2. The Bertz CT molecular complexity index is 691. The first-order valence-electron chi connectivity index (χ1n) is 7.30. The summed E-state index contributed by atoms with van der Waals surface area (Å²) in [6.45, 7) is 0. The van der Waals surface area contributed by atoms with Crippen LogP contribution in [0.25, 0.3) is 0 Å². The van der Waals surface area contributed by atoms with Gasteiger partial charge in [0.1, 0.15) is 0 Å². The molecule has 3 aromatic carbocycles. The van der Waals surface area contributed by atoms with Crippen molar-refractivity contribution in [2.24, 2.45) is 11.7 Å². The molecule has 0 aromatic heterocycles. The van der Waals surface area contributed by atoms with Gasteiger partial charge in [0.2, 0.25) is 0 Å². The SMILES string of the molecule is NNc1ccc(N(c2ccccc2)c2ccc(NN)cc2)cc1. The first-order valence-corrected chi connectivity index (χ1v) is 7.30. The molecule has 0 aliphatic rings. The highest BCUT2D eigenvalue weighted by atomic mass is 15.2. The molecule has 116 valence electrons. The molecule has 23 heavy (non-hydrogen) atoms. The van der Waals surface area contributed by atoms with Gasteiger partial charge in [0.25, 0.3) is 0 Å². The summed E-state index contributed by atoms with van der Waals surface area (Å²) < 4.78 is 0. The van der Waals surface area contributed by atoms with Crippen LogP contribution in [0.1, 0.15) is 0 Å². The minimum atomic E-state index is 0.865. The van der Waals surface area contributed by atoms with Crippen LogP contribution in [0.3, 0.4) is 0 Å². The number of nitrogens with zero attached hydrogens (tertiary/aromatic N) is 1. The number of para-hydroxylation sites is 1. The molecule has 0 amide bonds. The van der Waals surface area contributed by atoms with Crippen molar-refractivity contribution in [1.82, 2.24) is 0 Å². The summed E-state index contributed by atoms with van der Waals surface area (Å²) >= 11 is 0. The summed E-state index contributed by atoms with van der Waals surface area (Å²) in [7, 11) is 0. The molecular weight excluding hydrogens is 286 g/mol. The Morgan fingerprint density at radius 3 is 1.30 bits per heavy atom.